The molecule has 1 aromatic heterocycles. The van der Waals surface area contributed by atoms with E-state index in [2.05, 4.69) is 4.98 Å². The van der Waals surface area contributed by atoms with Crippen molar-refractivity contribution in [1.82, 2.24) is 4.98 Å². The molecule has 0 spiro atoms. The summed E-state index contributed by atoms with van der Waals surface area (Å²) in [5, 5.41) is 0. The second kappa shape index (κ2) is 4.72. The summed E-state index contributed by atoms with van der Waals surface area (Å²) in [6, 6.07) is 9.38. The van der Waals surface area contributed by atoms with E-state index >= 15 is 0 Å². The fourth-order valence-electron chi connectivity index (χ4n) is 1.23. The first kappa shape index (κ1) is 10.6. The number of benzene rings is 1. The van der Waals surface area contributed by atoms with E-state index < -0.39 is 0 Å². The van der Waals surface area contributed by atoms with Crippen LogP contribution in [-0.2, 0) is 6.54 Å². The molecule has 0 aliphatic carbocycles. The Morgan fingerprint density at radius 1 is 1.06 bits per heavy atom. The third-order valence-electron chi connectivity index (χ3n) is 2.06. The minimum Gasteiger partial charge on any atom is -0.456 e. The maximum absolute atomic E-state index is 12.6. The molecule has 0 aliphatic rings. The van der Waals surface area contributed by atoms with Crippen molar-refractivity contribution in [2.45, 2.75) is 6.54 Å². The number of nitrogens with zero attached hydrogens (tertiary/aromatic N) is 1. The summed E-state index contributed by atoms with van der Waals surface area (Å²) in [6.45, 7) is 0.400. The summed E-state index contributed by atoms with van der Waals surface area (Å²) in [7, 11) is 0. The van der Waals surface area contributed by atoms with E-state index in [4.69, 9.17) is 10.5 Å². The molecule has 3 nitrogen and oxygen atoms in total. The molecule has 1 heterocycles. The number of nitrogens with two attached hydrogens (primary N) is 1. The molecule has 0 saturated carbocycles. The van der Waals surface area contributed by atoms with Gasteiger partial charge in [-0.15, -0.1) is 0 Å². The lowest BCUT2D eigenvalue weighted by Crippen LogP contribution is -1.98. The average Bonchev–Trinajstić information content (AvgIpc) is 2.33. The molecule has 0 radical (unpaired) electrons. The predicted molar refractivity (Wildman–Crippen MR) is 58.6 cm³/mol. The standard InChI is InChI=1S/C12H11FN2O/c13-9-1-4-11(5-2-9)16-12-6-3-10(7-14)15-8-12/h1-6,8H,7,14H2. The summed E-state index contributed by atoms with van der Waals surface area (Å²) in [5.41, 5.74) is 6.22. The van der Waals surface area contributed by atoms with Crippen LogP contribution in [0.2, 0.25) is 0 Å². The first-order chi connectivity index (χ1) is 7.78. The van der Waals surface area contributed by atoms with Crippen molar-refractivity contribution < 1.29 is 9.13 Å². The quantitative estimate of drug-likeness (QED) is 0.860. The molecule has 0 bridgehead atoms. The number of pyridine rings is 1. The van der Waals surface area contributed by atoms with Gasteiger partial charge in [-0.3, -0.25) is 4.98 Å². The van der Waals surface area contributed by atoms with Gasteiger partial charge in [-0.25, -0.2) is 4.39 Å². The van der Waals surface area contributed by atoms with Gasteiger partial charge in [-0.1, -0.05) is 0 Å². The second-order valence-corrected chi connectivity index (χ2v) is 3.25. The van der Waals surface area contributed by atoms with Crippen LogP contribution in [0.3, 0.4) is 0 Å². The van der Waals surface area contributed by atoms with E-state index in [9.17, 15) is 4.39 Å². The molecular weight excluding hydrogens is 207 g/mol. The minimum absolute atomic E-state index is 0.288. The third kappa shape index (κ3) is 2.55. The summed E-state index contributed by atoms with van der Waals surface area (Å²) in [5.74, 6) is 0.886. The van der Waals surface area contributed by atoms with Gasteiger partial charge >= 0.3 is 0 Å². The molecular formula is C12H11FN2O. The Morgan fingerprint density at radius 2 is 1.75 bits per heavy atom. The third-order valence-corrected chi connectivity index (χ3v) is 2.06. The molecule has 4 heteroatoms. The van der Waals surface area contributed by atoms with Crippen molar-refractivity contribution in [1.29, 1.82) is 0 Å². The van der Waals surface area contributed by atoms with E-state index in [0.717, 1.165) is 5.69 Å². The van der Waals surface area contributed by atoms with E-state index in [1.807, 2.05) is 0 Å². The first-order valence-electron chi connectivity index (χ1n) is 4.86. The number of hydrogen-bond donors (Lipinski definition) is 1. The molecule has 82 valence electrons. The van der Waals surface area contributed by atoms with Crippen molar-refractivity contribution in [2.24, 2.45) is 5.73 Å². The molecule has 2 aromatic rings. The number of hydrogen-bond acceptors (Lipinski definition) is 3. The Morgan fingerprint density at radius 3 is 2.31 bits per heavy atom. The van der Waals surface area contributed by atoms with Gasteiger partial charge in [0.1, 0.15) is 17.3 Å². The zero-order valence-corrected chi connectivity index (χ0v) is 8.56. The predicted octanol–water partition coefficient (Wildman–Crippen LogP) is 2.47. The van der Waals surface area contributed by atoms with Gasteiger partial charge in [0, 0.05) is 6.54 Å². The van der Waals surface area contributed by atoms with Crippen molar-refractivity contribution >= 4 is 0 Å². The minimum atomic E-state index is -0.288. The topological polar surface area (TPSA) is 48.1 Å². The van der Waals surface area contributed by atoms with E-state index in [1.165, 1.54) is 12.1 Å². The number of rotatable bonds is 3. The van der Waals surface area contributed by atoms with Crippen LogP contribution in [0.4, 0.5) is 4.39 Å². The highest BCUT2D eigenvalue weighted by Gasteiger charge is 1.98. The molecule has 0 atom stereocenters. The van der Waals surface area contributed by atoms with Gasteiger partial charge < -0.3 is 10.5 Å². The highest BCUT2D eigenvalue weighted by Crippen LogP contribution is 2.20. The van der Waals surface area contributed by atoms with Crippen LogP contribution in [0, 0.1) is 5.82 Å². The number of ether oxygens (including phenoxy) is 1. The molecule has 1 aromatic carbocycles. The zero-order valence-electron chi connectivity index (χ0n) is 8.56. The monoisotopic (exact) mass is 218 g/mol. The number of aromatic nitrogens is 1. The van der Waals surface area contributed by atoms with Crippen LogP contribution < -0.4 is 10.5 Å². The van der Waals surface area contributed by atoms with Crippen LogP contribution in [-0.4, -0.2) is 4.98 Å². The van der Waals surface area contributed by atoms with Crippen LogP contribution in [0.25, 0.3) is 0 Å². The summed E-state index contributed by atoms with van der Waals surface area (Å²) in [4.78, 5) is 4.09. The fraction of sp³-hybridized carbons (Fsp3) is 0.0833. The highest BCUT2D eigenvalue weighted by molar-refractivity contribution is 5.29. The van der Waals surface area contributed by atoms with Crippen LogP contribution in [0.1, 0.15) is 5.69 Å². The van der Waals surface area contributed by atoms with Crippen molar-refractivity contribution in [3.05, 3.63) is 54.1 Å². The molecule has 0 aliphatic heterocycles. The van der Waals surface area contributed by atoms with Crippen molar-refractivity contribution in [3.63, 3.8) is 0 Å². The molecule has 0 amide bonds. The van der Waals surface area contributed by atoms with Crippen molar-refractivity contribution in [3.8, 4) is 11.5 Å². The van der Waals surface area contributed by atoms with E-state index in [-0.39, 0.29) is 5.82 Å². The molecule has 0 saturated heterocycles. The summed E-state index contributed by atoms with van der Waals surface area (Å²) >= 11 is 0. The van der Waals surface area contributed by atoms with Gasteiger partial charge in [-0.2, -0.15) is 0 Å². The molecule has 2 N–H and O–H groups in total. The van der Waals surface area contributed by atoms with E-state index in [1.54, 1.807) is 30.5 Å². The largest absolute Gasteiger partial charge is 0.456 e. The Balaban J connectivity index is 2.11. The van der Waals surface area contributed by atoms with Crippen LogP contribution in [0.15, 0.2) is 42.6 Å². The maximum atomic E-state index is 12.6. The Hall–Kier alpha value is -1.94. The lowest BCUT2D eigenvalue weighted by Gasteiger charge is -2.05. The average molecular weight is 218 g/mol. The zero-order chi connectivity index (χ0) is 11.4. The van der Waals surface area contributed by atoms with Gasteiger partial charge in [0.15, 0.2) is 0 Å². The molecule has 16 heavy (non-hydrogen) atoms. The van der Waals surface area contributed by atoms with Gasteiger partial charge in [0.05, 0.1) is 11.9 Å². The van der Waals surface area contributed by atoms with Crippen LogP contribution in [0.5, 0.6) is 11.5 Å². The van der Waals surface area contributed by atoms with E-state index in [0.29, 0.717) is 18.0 Å². The molecule has 0 fully saturated rings. The normalized spacial score (nSPS) is 10.1. The first-order valence-corrected chi connectivity index (χ1v) is 4.86. The lowest BCUT2D eigenvalue weighted by atomic mass is 10.3. The highest BCUT2D eigenvalue weighted by atomic mass is 19.1. The maximum Gasteiger partial charge on any atom is 0.145 e. The summed E-state index contributed by atoms with van der Waals surface area (Å²) in [6.07, 6.45) is 1.59. The SMILES string of the molecule is NCc1ccc(Oc2ccc(F)cc2)cn1. The van der Waals surface area contributed by atoms with Gasteiger partial charge in [0.2, 0.25) is 0 Å². The fourth-order valence-corrected chi connectivity index (χ4v) is 1.23. The smallest absolute Gasteiger partial charge is 0.145 e. The lowest BCUT2D eigenvalue weighted by molar-refractivity contribution is 0.477. The van der Waals surface area contributed by atoms with Gasteiger partial charge in [-0.05, 0) is 36.4 Å². The molecule has 2 rings (SSSR count). The Kier molecular flexibility index (Phi) is 3.12. The Bertz CT molecular complexity index is 453. The molecule has 0 unspecified atom stereocenters. The number of halogens is 1. The Labute approximate surface area is 92.7 Å². The second-order valence-electron chi connectivity index (χ2n) is 3.25. The van der Waals surface area contributed by atoms with Crippen LogP contribution >= 0.6 is 0 Å². The van der Waals surface area contributed by atoms with Gasteiger partial charge in [0.25, 0.3) is 0 Å². The summed E-state index contributed by atoms with van der Waals surface area (Å²) < 4.78 is 18.1. The van der Waals surface area contributed by atoms with Crippen molar-refractivity contribution in [2.75, 3.05) is 0 Å².